The fourth-order valence-corrected chi connectivity index (χ4v) is 6.41. The Balaban J connectivity index is 1.44. The van der Waals surface area contributed by atoms with Crippen LogP contribution in [0.3, 0.4) is 0 Å². The number of hydrogen-bond donors (Lipinski definition) is 3. The highest BCUT2D eigenvalue weighted by Crippen LogP contribution is 2.26. The van der Waals surface area contributed by atoms with E-state index in [0.717, 1.165) is 15.0 Å². The van der Waals surface area contributed by atoms with Crippen molar-refractivity contribution in [2.24, 2.45) is 0 Å². The summed E-state index contributed by atoms with van der Waals surface area (Å²) in [7, 11) is -3.84. The van der Waals surface area contributed by atoms with Gasteiger partial charge in [0.1, 0.15) is 10.9 Å². The van der Waals surface area contributed by atoms with Crippen molar-refractivity contribution in [1.29, 1.82) is 0 Å². The first-order chi connectivity index (χ1) is 17.5. The highest BCUT2D eigenvalue weighted by atomic mass is 35.5. The summed E-state index contributed by atoms with van der Waals surface area (Å²) in [6.45, 7) is 0.192. The second kappa shape index (κ2) is 13.5. The van der Waals surface area contributed by atoms with Gasteiger partial charge in [-0.05, 0) is 48.6 Å². The van der Waals surface area contributed by atoms with E-state index in [-0.39, 0.29) is 29.4 Å². The van der Waals surface area contributed by atoms with E-state index in [9.17, 15) is 26.8 Å². The van der Waals surface area contributed by atoms with Crippen LogP contribution in [0.4, 0.5) is 8.78 Å². The predicted octanol–water partition coefficient (Wildman–Crippen LogP) is 4.77. The average molecular weight is 593 g/mol. The molecule has 2 amide bonds. The number of carbonyl (C=O) groups excluding carboxylic acids is 2. The van der Waals surface area contributed by atoms with Crippen molar-refractivity contribution < 1.29 is 26.8 Å². The molecule has 1 heterocycles. The molecule has 1 atom stereocenters. The van der Waals surface area contributed by atoms with Crippen molar-refractivity contribution in [3.8, 4) is 0 Å². The molecule has 0 spiro atoms. The van der Waals surface area contributed by atoms with E-state index in [1.54, 1.807) is 0 Å². The first-order valence-corrected chi connectivity index (χ1v) is 14.4. The lowest BCUT2D eigenvalue weighted by atomic mass is 10.1. The van der Waals surface area contributed by atoms with Gasteiger partial charge in [-0.15, -0.1) is 11.3 Å². The number of fused-ring (bicyclic) bond motifs is 1. The van der Waals surface area contributed by atoms with Crippen LogP contribution in [0.1, 0.15) is 24.1 Å². The van der Waals surface area contributed by atoms with Gasteiger partial charge >= 0.3 is 0 Å². The van der Waals surface area contributed by atoms with Crippen molar-refractivity contribution in [2.45, 2.75) is 43.0 Å². The molecule has 3 rings (SSSR count). The second-order valence-corrected chi connectivity index (χ2v) is 11.9. The maximum Gasteiger partial charge on any atom is 0.242 e. The number of thiophene rings is 1. The third-order valence-corrected chi connectivity index (χ3v) is 8.55. The van der Waals surface area contributed by atoms with E-state index in [1.165, 1.54) is 29.5 Å². The van der Waals surface area contributed by atoms with Crippen LogP contribution in [0.25, 0.3) is 10.1 Å². The quantitative estimate of drug-likeness (QED) is 0.249. The summed E-state index contributed by atoms with van der Waals surface area (Å²) < 4.78 is 54.2. The summed E-state index contributed by atoms with van der Waals surface area (Å²) in [6, 6.07) is 12.1. The van der Waals surface area contributed by atoms with Gasteiger partial charge < -0.3 is 10.6 Å². The van der Waals surface area contributed by atoms with Crippen LogP contribution in [0, 0.1) is 0 Å². The van der Waals surface area contributed by atoms with Gasteiger partial charge in [0, 0.05) is 34.1 Å². The molecule has 0 bridgehead atoms. The summed E-state index contributed by atoms with van der Waals surface area (Å²) >= 11 is 13.2. The SMILES string of the molecule is O=C(Cc1cc2ccccc2s1)N[C@@H](CC(F)F)C(=O)NCCCCNS(=O)(=O)c1ccc(Cl)cc1Cl. The fourth-order valence-electron chi connectivity index (χ4n) is 3.50. The molecule has 0 saturated heterocycles. The zero-order chi connectivity index (χ0) is 27.0. The number of unbranched alkanes of at least 4 members (excludes halogenated alkanes) is 1. The highest BCUT2D eigenvalue weighted by molar-refractivity contribution is 7.89. The molecule has 13 heteroatoms. The summed E-state index contributed by atoms with van der Waals surface area (Å²) in [5.41, 5.74) is 0. The molecule has 0 saturated carbocycles. The average Bonchev–Trinajstić information content (AvgIpc) is 3.22. The fraction of sp³-hybridized carbons (Fsp3) is 0.333. The predicted molar refractivity (Wildman–Crippen MR) is 142 cm³/mol. The summed E-state index contributed by atoms with van der Waals surface area (Å²) in [4.78, 5) is 25.6. The first kappa shape index (κ1) is 29.2. The number of sulfonamides is 1. The Morgan fingerprint density at radius 2 is 1.73 bits per heavy atom. The van der Waals surface area contributed by atoms with Crippen molar-refractivity contribution in [1.82, 2.24) is 15.4 Å². The highest BCUT2D eigenvalue weighted by Gasteiger charge is 2.25. The van der Waals surface area contributed by atoms with Crippen LogP contribution < -0.4 is 15.4 Å². The molecule has 2 aromatic carbocycles. The Kier molecular flexibility index (Phi) is 10.7. The minimum atomic E-state index is -3.84. The van der Waals surface area contributed by atoms with Gasteiger partial charge in [0.25, 0.3) is 0 Å². The Morgan fingerprint density at radius 3 is 2.43 bits per heavy atom. The molecule has 0 unspecified atom stereocenters. The Labute approximate surface area is 227 Å². The van der Waals surface area contributed by atoms with Gasteiger partial charge in [0.15, 0.2) is 0 Å². The molecule has 0 fully saturated rings. The number of hydrogen-bond acceptors (Lipinski definition) is 5. The number of halogens is 4. The van der Waals surface area contributed by atoms with Crippen LogP contribution in [-0.4, -0.2) is 45.8 Å². The molecule has 200 valence electrons. The summed E-state index contributed by atoms with van der Waals surface area (Å²) in [6.07, 6.45) is -2.88. The Hall–Kier alpha value is -2.31. The maximum atomic E-state index is 13.0. The largest absolute Gasteiger partial charge is 0.354 e. The zero-order valence-corrected chi connectivity index (χ0v) is 22.6. The van der Waals surface area contributed by atoms with Crippen LogP contribution in [0.2, 0.25) is 10.0 Å². The lowest BCUT2D eigenvalue weighted by Gasteiger charge is -2.18. The van der Waals surface area contributed by atoms with Crippen LogP contribution in [0.5, 0.6) is 0 Å². The lowest BCUT2D eigenvalue weighted by Crippen LogP contribution is -2.48. The van der Waals surface area contributed by atoms with Gasteiger partial charge in [0.2, 0.25) is 28.3 Å². The van der Waals surface area contributed by atoms with Crippen molar-refractivity contribution >= 4 is 66.5 Å². The zero-order valence-electron chi connectivity index (χ0n) is 19.5. The van der Waals surface area contributed by atoms with E-state index in [1.807, 2.05) is 30.3 Å². The van der Waals surface area contributed by atoms with E-state index in [2.05, 4.69) is 15.4 Å². The lowest BCUT2D eigenvalue weighted by molar-refractivity contribution is -0.129. The molecule has 3 N–H and O–H groups in total. The minimum absolute atomic E-state index is 0.00765. The van der Waals surface area contributed by atoms with E-state index < -0.39 is 40.7 Å². The third-order valence-electron chi connectivity index (χ3n) is 5.26. The molecule has 0 aliphatic rings. The van der Waals surface area contributed by atoms with E-state index in [4.69, 9.17) is 23.2 Å². The molecule has 1 aromatic heterocycles. The van der Waals surface area contributed by atoms with Crippen LogP contribution in [0.15, 0.2) is 53.4 Å². The monoisotopic (exact) mass is 591 g/mol. The molecule has 37 heavy (non-hydrogen) atoms. The van der Waals surface area contributed by atoms with Crippen molar-refractivity contribution in [3.63, 3.8) is 0 Å². The Morgan fingerprint density at radius 1 is 1.00 bits per heavy atom. The van der Waals surface area contributed by atoms with Gasteiger partial charge in [-0.2, -0.15) is 0 Å². The number of alkyl halides is 2. The van der Waals surface area contributed by atoms with Crippen molar-refractivity contribution in [3.05, 3.63) is 63.5 Å². The van der Waals surface area contributed by atoms with Crippen LogP contribution >= 0.6 is 34.5 Å². The summed E-state index contributed by atoms with van der Waals surface area (Å²) in [5.74, 6) is -1.25. The van der Waals surface area contributed by atoms with Gasteiger partial charge in [-0.25, -0.2) is 21.9 Å². The molecular weight excluding hydrogens is 567 g/mol. The topological polar surface area (TPSA) is 104 Å². The van der Waals surface area contributed by atoms with Gasteiger partial charge in [0.05, 0.1) is 11.4 Å². The number of rotatable bonds is 13. The van der Waals surface area contributed by atoms with Crippen LogP contribution in [-0.2, 0) is 26.0 Å². The molecule has 0 aliphatic heterocycles. The molecule has 7 nitrogen and oxygen atoms in total. The van der Waals surface area contributed by atoms with Crippen molar-refractivity contribution in [2.75, 3.05) is 13.1 Å². The number of nitrogens with one attached hydrogen (secondary N) is 3. The van der Waals surface area contributed by atoms with E-state index in [0.29, 0.717) is 17.9 Å². The van der Waals surface area contributed by atoms with Gasteiger partial charge in [-0.3, -0.25) is 9.59 Å². The van der Waals surface area contributed by atoms with Gasteiger partial charge in [-0.1, -0.05) is 41.4 Å². The number of amides is 2. The standard InChI is InChI=1S/C24H25Cl2F2N3O4S2/c25-16-7-8-21(18(26)12-16)37(34,35)30-10-4-3-9-29-24(33)19(14-22(27)28)31-23(32)13-17-11-15-5-1-2-6-20(15)36-17/h1-2,5-8,11-12,19,22,30H,3-4,9-10,13-14H2,(H,29,33)(H,31,32)/t19-/m0/s1. The Bertz CT molecular complexity index is 1320. The second-order valence-electron chi connectivity index (χ2n) is 8.14. The molecule has 0 aliphatic carbocycles. The molecule has 0 radical (unpaired) electrons. The number of carbonyl (C=O) groups is 2. The number of benzene rings is 2. The first-order valence-electron chi connectivity index (χ1n) is 11.3. The minimum Gasteiger partial charge on any atom is -0.354 e. The maximum absolute atomic E-state index is 13.0. The molecule has 3 aromatic rings. The molecular formula is C24H25Cl2F2N3O4S2. The summed E-state index contributed by atoms with van der Waals surface area (Å²) in [5, 5.41) is 6.21. The normalized spacial score (nSPS) is 12.6. The van der Waals surface area contributed by atoms with E-state index >= 15 is 0 Å². The smallest absolute Gasteiger partial charge is 0.242 e. The third kappa shape index (κ3) is 8.89.